The van der Waals surface area contributed by atoms with Crippen molar-refractivity contribution in [1.82, 2.24) is 10.6 Å². The summed E-state index contributed by atoms with van der Waals surface area (Å²) >= 11 is 0. The smallest absolute Gasteiger partial charge is 0.253 e. The standard InChI is InChI=1S/C17H25N3O2/c1-12(2)10-19-17(22)14-7-3-4-8-15(14)20-16(21)13-6-5-9-18-11-13/h3-4,7-8,12-13,18H,5-6,9-11H2,1-2H3,(H,19,22)(H,20,21). The Kier molecular flexibility index (Phi) is 5.95. The van der Waals surface area contributed by atoms with Crippen molar-refractivity contribution < 1.29 is 9.59 Å². The van der Waals surface area contributed by atoms with Crippen molar-refractivity contribution in [1.29, 1.82) is 0 Å². The molecule has 0 aliphatic carbocycles. The predicted molar refractivity (Wildman–Crippen MR) is 87.8 cm³/mol. The molecule has 22 heavy (non-hydrogen) atoms. The molecule has 1 heterocycles. The van der Waals surface area contributed by atoms with Crippen LogP contribution in [0.25, 0.3) is 0 Å². The van der Waals surface area contributed by atoms with E-state index in [1.54, 1.807) is 12.1 Å². The minimum Gasteiger partial charge on any atom is -0.352 e. The fourth-order valence-electron chi connectivity index (χ4n) is 2.49. The van der Waals surface area contributed by atoms with E-state index in [-0.39, 0.29) is 17.7 Å². The third-order valence-corrected chi connectivity index (χ3v) is 3.77. The predicted octanol–water partition coefficient (Wildman–Crippen LogP) is 2.01. The summed E-state index contributed by atoms with van der Waals surface area (Å²) in [6, 6.07) is 7.15. The number of nitrogens with one attached hydrogen (secondary N) is 3. The summed E-state index contributed by atoms with van der Waals surface area (Å²) in [4.78, 5) is 24.6. The summed E-state index contributed by atoms with van der Waals surface area (Å²) in [6.07, 6.45) is 1.90. The number of hydrogen-bond donors (Lipinski definition) is 3. The third kappa shape index (κ3) is 4.56. The van der Waals surface area contributed by atoms with Gasteiger partial charge in [0.15, 0.2) is 0 Å². The van der Waals surface area contributed by atoms with Gasteiger partial charge in [-0.1, -0.05) is 26.0 Å². The van der Waals surface area contributed by atoms with Crippen molar-refractivity contribution in [2.24, 2.45) is 11.8 Å². The summed E-state index contributed by atoms with van der Waals surface area (Å²) in [5.41, 5.74) is 1.10. The zero-order valence-corrected chi connectivity index (χ0v) is 13.3. The molecule has 0 radical (unpaired) electrons. The first-order valence-electron chi connectivity index (χ1n) is 7.96. The minimum atomic E-state index is -0.147. The Hall–Kier alpha value is -1.88. The van der Waals surface area contributed by atoms with E-state index in [4.69, 9.17) is 0 Å². The average Bonchev–Trinajstić information content (AvgIpc) is 2.54. The quantitative estimate of drug-likeness (QED) is 0.779. The molecule has 5 heteroatoms. The Morgan fingerprint density at radius 1 is 1.32 bits per heavy atom. The molecule has 0 spiro atoms. The van der Waals surface area contributed by atoms with Crippen molar-refractivity contribution in [3.8, 4) is 0 Å². The lowest BCUT2D eigenvalue weighted by molar-refractivity contribution is -0.120. The maximum atomic E-state index is 12.3. The molecule has 0 aromatic heterocycles. The van der Waals surface area contributed by atoms with Crippen molar-refractivity contribution in [2.45, 2.75) is 26.7 Å². The van der Waals surface area contributed by atoms with Gasteiger partial charge in [-0.15, -0.1) is 0 Å². The van der Waals surface area contributed by atoms with Crippen LogP contribution in [0, 0.1) is 11.8 Å². The molecule has 5 nitrogen and oxygen atoms in total. The van der Waals surface area contributed by atoms with E-state index in [9.17, 15) is 9.59 Å². The van der Waals surface area contributed by atoms with E-state index in [2.05, 4.69) is 16.0 Å². The van der Waals surface area contributed by atoms with Crippen LogP contribution in [0.1, 0.15) is 37.0 Å². The number of carbonyl (C=O) groups is 2. The molecule has 3 N–H and O–H groups in total. The largest absolute Gasteiger partial charge is 0.352 e. The summed E-state index contributed by atoms with van der Waals surface area (Å²) < 4.78 is 0. The average molecular weight is 303 g/mol. The van der Waals surface area contributed by atoms with Gasteiger partial charge in [-0.25, -0.2) is 0 Å². The first kappa shape index (κ1) is 16.5. The van der Waals surface area contributed by atoms with Gasteiger partial charge < -0.3 is 16.0 Å². The van der Waals surface area contributed by atoms with Crippen LogP contribution in [-0.4, -0.2) is 31.4 Å². The first-order chi connectivity index (χ1) is 10.6. The summed E-state index contributed by atoms with van der Waals surface area (Å²) in [7, 11) is 0. The molecular weight excluding hydrogens is 278 g/mol. The second kappa shape index (κ2) is 7.94. The molecule has 1 atom stereocenters. The highest BCUT2D eigenvalue weighted by molar-refractivity contribution is 6.04. The lowest BCUT2D eigenvalue weighted by Gasteiger charge is -2.22. The van der Waals surface area contributed by atoms with Gasteiger partial charge in [0.1, 0.15) is 0 Å². The number of piperidine rings is 1. The number of hydrogen-bond acceptors (Lipinski definition) is 3. The van der Waals surface area contributed by atoms with Crippen molar-refractivity contribution in [3.05, 3.63) is 29.8 Å². The van der Waals surface area contributed by atoms with E-state index >= 15 is 0 Å². The van der Waals surface area contributed by atoms with Crippen LogP contribution in [-0.2, 0) is 4.79 Å². The van der Waals surface area contributed by atoms with Gasteiger partial charge in [-0.2, -0.15) is 0 Å². The van der Waals surface area contributed by atoms with Crippen molar-refractivity contribution in [2.75, 3.05) is 25.0 Å². The lowest BCUT2D eigenvalue weighted by Crippen LogP contribution is -2.37. The SMILES string of the molecule is CC(C)CNC(=O)c1ccccc1NC(=O)C1CCCNC1. The summed E-state index contributed by atoms with van der Waals surface area (Å²) in [5.74, 6) is 0.197. The van der Waals surface area contributed by atoms with Crippen LogP contribution in [0.4, 0.5) is 5.69 Å². The maximum absolute atomic E-state index is 12.3. The molecule has 0 saturated carbocycles. The van der Waals surface area contributed by atoms with E-state index in [1.807, 2.05) is 26.0 Å². The molecule has 1 saturated heterocycles. The second-order valence-corrected chi connectivity index (χ2v) is 6.18. The van der Waals surface area contributed by atoms with Crippen molar-refractivity contribution >= 4 is 17.5 Å². The number of amides is 2. The summed E-state index contributed by atoms with van der Waals surface area (Å²) in [6.45, 7) is 6.38. The molecule has 2 amide bonds. The van der Waals surface area contributed by atoms with Gasteiger partial charge in [0, 0.05) is 13.1 Å². The lowest BCUT2D eigenvalue weighted by atomic mass is 9.98. The Labute approximate surface area is 131 Å². The van der Waals surface area contributed by atoms with Crippen LogP contribution in [0.15, 0.2) is 24.3 Å². The molecule has 0 bridgehead atoms. The van der Waals surface area contributed by atoms with E-state index in [0.717, 1.165) is 19.4 Å². The zero-order chi connectivity index (χ0) is 15.9. The number of benzene rings is 1. The zero-order valence-electron chi connectivity index (χ0n) is 13.3. The van der Waals surface area contributed by atoms with Crippen LogP contribution in [0.3, 0.4) is 0 Å². The van der Waals surface area contributed by atoms with Gasteiger partial charge in [0.25, 0.3) is 5.91 Å². The van der Waals surface area contributed by atoms with E-state index in [0.29, 0.717) is 30.3 Å². The fraction of sp³-hybridized carbons (Fsp3) is 0.529. The monoisotopic (exact) mass is 303 g/mol. The van der Waals surface area contributed by atoms with Crippen LogP contribution in [0.5, 0.6) is 0 Å². The molecule has 1 aliphatic rings. The molecule has 1 aliphatic heterocycles. The highest BCUT2D eigenvalue weighted by Gasteiger charge is 2.22. The Balaban J connectivity index is 2.04. The van der Waals surface area contributed by atoms with Gasteiger partial charge in [0.2, 0.25) is 5.91 Å². The Morgan fingerprint density at radius 3 is 2.77 bits per heavy atom. The van der Waals surface area contributed by atoms with Crippen LogP contribution in [0.2, 0.25) is 0 Å². The molecule has 1 aromatic carbocycles. The first-order valence-corrected chi connectivity index (χ1v) is 7.96. The van der Waals surface area contributed by atoms with Crippen LogP contribution >= 0.6 is 0 Å². The Bertz CT molecular complexity index is 522. The summed E-state index contributed by atoms with van der Waals surface area (Å²) in [5, 5.41) is 9.03. The molecule has 120 valence electrons. The number of anilines is 1. The van der Waals surface area contributed by atoms with Gasteiger partial charge in [0.05, 0.1) is 17.2 Å². The number of para-hydroxylation sites is 1. The molecule has 1 aromatic rings. The number of carbonyl (C=O) groups excluding carboxylic acids is 2. The molecule has 2 rings (SSSR count). The molecule has 1 fully saturated rings. The van der Waals surface area contributed by atoms with Crippen LogP contribution < -0.4 is 16.0 Å². The van der Waals surface area contributed by atoms with Gasteiger partial charge in [-0.3, -0.25) is 9.59 Å². The Morgan fingerprint density at radius 2 is 2.09 bits per heavy atom. The highest BCUT2D eigenvalue weighted by Crippen LogP contribution is 2.18. The van der Waals surface area contributed by atoms with E-state index in [1.165, 1.54) is 0 Å². The van der Waals surface area contributed by atoms with Crippen molar-refractivity contribution in [3.63, 3.8) is 0 Å². The normalized spacial score (nSPS) is 18.0. The third-order valence-electron chi connectivity index (χ3n) is 3.77. The maximum Gasteiger partial charge on any atom is 0.253 e. The minimum absolute atomic E-state index is 0.0173. The second-order valence-electron chi connectivity index (χ2n) is 6.18. The number of rotatable bonds is 5. The molecular formula is C17H25N3O2. The topological polar surface area (TPSA) is 70.2 Å². The highest BCUT2D eigenvalue weighted by atomic mass is 16.2. The fourth-order valence-corrected chi connectivity index (χ4v) is 2.49. The van der Waals surface area contributed by atoms with Gasteiger partial charge in [-0.05, 0) is 37.4 Å². The molecule has 1 unspecified atom stereocenters. The van der Waals surface area contributed by atoms with Gasteiger partial charge >= 0.3 is 0 Å². The van der Waals surface area contributed by atoms with E-state index < -0.39 is 0 Å².